The second-order valence-electron chi connectivity index (χ2n) is 7.83. The van der Waals surface area contributed by atoms with Gasteiger partial charge in [0.15, 0.2) is 0 Å². The summed E-state index contributed by atoms with van der Waals surface area (Å²) in [6, 6.07) is 4.68. The van der Waals surface area contributed by atoms with E-state index in [4.69, 9.17) is 11.6 Å². The Morgan fingerprint density at radius 3 is 2.81 bits per heavy atom. The Hall–Kier alpha value is -1.75. The van der Waals surface area contributed by atoms with Crippen molar-refractivity contribution >= 4 is 23.4 Å². The Balaban J connectivity index is 1.38. The topological polar surface area (TPSA) is 69.6 Å². The van der Waals surface area contributed by atoms with E-state index in [9.17, 15) is 14.7 Å². The van der Waals surface area contributed by atoms with Crippen molar-refractivity contribution in [1.29, 1.82) is 0 Å². The van der Waals surface area contributed by atoms with Gasteiger partial charge in [0.25, 0.3) is 0 Å². The molecular weight excluding hydrogens is 352 g/mol. The molecular formula is C20H27ClN2O3. The van der Waals surface area contributed by atoms with Gasteiger partial charge < -0.3 is 15.3 Å². The number of halogens is 1. The van der Waals surface area contributed by atoms with E-state index >= 15 is 0 Å². The summed E-state index contributed by atoms with van der Waals surface area (Å²) in [6.45, 7) is 4.25. The maximum absolute atomic E-state index is 12.5. The van der Waals surface area contributed by atoms with Gasteiger partial charge in [0.2, 0.25) is 11.8 Å². The summed E-state index contributed by atoms with van der Waals surface area (Å²) in [4.78, 5) is 26.5. The predicted molar refractivity (Wildman–Crippen MR) is 101 cm³/mol. The van der Waals surface area contributed by atoms with Crippen molar-refractivity contribution in [2.45, 2.75) is 39.0 Å². The van der Waals surface area contributed by atoms with Crippen molar-refractivity contribution in [2.24, 2.45) is 17.8 Å². The van der Waals surface area contributed by atoms with Crippen LogP contribution < -0.4 is 5.32 Å². The zero-order chi connectivity index (χ0) is 18.7. The zero-order valence-electron chi connectivity index (χ0n) is 15.2. The summed E-state index contributed by atoms with van der Waals surface area (Å²) in [7, 11) is 0. The van der Waals surface area contributed by atoms with Crippen molar-refractivity contribution in [3.05, 3.63) is 28.8 Å². The van der Waals surface area contributed by atoms with Gasteiger partial charge in [-0.1, -0.05) is 31.4 Å². The molecule has 2 unspecified atom stereocenters. The molecule has 3 rings (SSSR count). The number of nitrogens with one attached hydrogen (secondary N) is 1. The van der Waals surface area contributed by atoms with Crippen molar-refractivity contribution in [1.82, 2.24) is 10.2 Å². The first-order valence-corrected chi connectivity index (χ1v) is 9.83. The van der Waals surface area contributed by atoms with E-state index in [1.807, 2.05) is 4.90 Å². The highest BCUT2D eigenvalue weighted by Gasteiger charge is 2.35. The number of phenolic OH excluding ortho intramolecular Hbond substituents is 1. The molecule has 5 nitrogen and oxygen atoms in total. The lowest BCUT2D eigenvalue weighted by Crippen LogP contribution is -2.55. The Morgan fingerprint density at radius 2 is 2.08 bits per heavy atom. The number of carbonyl (C=O) groups excluding carboxylic acids is 2. The summed E-state index contributed by atoms with van der Waals surface area (Å²) in [6.07, 6.45) is 4.52. The van der Waals surface area contributed by atoms with Gasteiger partial charge in [0, 0.05) is 42.1 Å². The molecule has 2 atom stereocenters. The maximum atomic E-state index is 12.5. The van der Waals surface area contributed by atoms with Gasteiger partial charge in [-0.2, -0.15) is 0 Å². The number of hydrogen-bond donors (Lipinski definition) is 2. The van der Waals surface area contributed by atoms with Gasteiger partial charge >= 0.3 is 0 Å². The van der Waals surface area contributed by atoms with Crippen LogP contribution in [0.1, 0.15) is 38.2 Å². The van der Waals surface area contributed by atoms with Crippen LogP contribution in [0.4, 0.5) is 0 Å². The molecule has 2 N–H and O–H groups in total. The highest BCUT2D eigenvalue weighted by Crippen LogP contribution is 2.31. The number of nitrogens with zero attached hydrogens (tertiary/aromatic N) is 1. The fourth-order valence-corrected chi connectivity index (χ4v) is 4.18. The van der Waals surface area contributed by atoms with Gasteiger partial charge in [-0.3, -0.25) is 9.59 Å². The fourth-order valence-electron chi connectivity index (χ4n) is 3.98. The molecule has 1 saturated carbocycles. The van der Waals surface area contributed by atoms with E-state index in [2.05, 4.69) is 12.2 Å². The number of rotatable bonds is 5. The SMILES string of the molecule is CC1CCCC(C(=O)N2CC(CNC(=O)Cc3cc(Cl)ccc3O)C2)C1. The van der Waals surface area contributed by atoms with Gasteiger partial charge in [0.05, 0.1) is 6.42 Å². The number of hydrogen-bond acceptors (Lipinski definition) is 3. The minimum absolute atomic E-state index is 0.0756. The quantitative estimate of drug-likeness (QED) is 0.827. The van der Waals surface area contributed by atoms with Crippen LogP contribution in [0.5, 0.6) is 5.75 Å². The smallest absolute Gasteiger partial charge is 0.225 e. The van der Waals surface area contributed by atoms with Gasteiger partial charge in [0.1, 0.15) is 5.75 Å². The number of benzene rings is 1. The average molecular weight is 379 g/mol. The molecule has 1 heterocycles. The molecule has 1 aromatic rings. The van der Waals surface area contributed by atoms with Crippen LogP contribution in [0.2, 0.25) is 5.02 Å². The van der Waals surface area contributed by atoms with Crippen LogP contribution in [0, 0.1) is 17.8 Å². The molecule has 2 aliphatic rings. The van der Waals surface area contributed by atoms with Crippen molar-refractivity contribution in [3.63, 3.8) is 0 Å². The van der Waals surface area contributed by atoms with E-state index in [0.717, 1.165) is 32.4 Å². The number of amides is 2. The van der Waals surface area contributed by atoms with Crippen LogP contribution in [0.15, 0.2) is 18.2 Å². The van der Waals surface area contributed by atoms with Crippen LogP contribution in [0.3, 0.4) is 0 Å². The van der Waals surface area contributed by atoms with Crippen molar-refractivity contribution < 1.29 is 14.7 Å². The molecule has 1 aliphatic heterocycles. The van der Waals surface area contributed by atoms with Gasteiger partial charge in [-0.05, 0) is 37.0 Å². The molecule has 0 aromatic heterocycles. The van der Waals surface area contributed by atoms with E-state index in [1.165, 1.54) is 12.5 Å². The molecule has 142 valence electrons. The summed E-state index contributed by atoms with van der Waals surface area (Å²) >= 11 is 5.90. The molecule has 2 fully saturated rings. The second kappa shape index (κ2) is 8.30. The molecule has 0 radical (unpaired) electrons. The lowest BCUT2D eigenvalue weighted by molar-refractivity contribution is -0.143. The summed E-state index contributed by atoms with van der Waals surface area (Å²) < 4.78 is 0. The zero-order valence-corrected chi connectivity index (χ0v) is 16.0. The average Bonchev–Trinajstić information content (AvgIpc) is 2.56. The number of carbonyl (C=O) groups is 2. The molecule has 1 saturated heterocycles. The molecule has 1 aliphatic carbocycles. The van der Waals surface area contributed by atoms with Crippen molar-refractivity contribution in [2.75, 3.05) is 19.6 Å². The van der Waals surface area contributed by atoms with E-state index in [-0.39, 0.29) is 24.0 Å². The summed E-state index contributed by atoms with van der Waals surface area (Å²) in [5, 5.41) is 13.2. The fraction of sp³-hybridized carbons (Fsp3) is 0.600. The highest BCUT2D eigenvalue weighted by atomic mass is 35.5. The number of aromatic hydroxyl groups is 1. The Morgan fingerprint density at radius 1 is 1.31 bits per heavy atom. The lowest BCUT2D eigenvalue weighted by Gasteiger charge is -2.42. The Labute approximate surface area is 159 Å². The second-order valence-corrected chi connectivity index (χ2v) is 8.27. The normalized spacial score (nSPS) is 23.4. The van der Waals surface area contributed by atoms with Crippen LogP contribution >= 0.6 is 11.6 Å². The monoisotopic (exact) mass is 378 g/mol. The van der Waals surface area contributed by atoms with E-state index in [0.29, 0.717) is 34.9 Å². The Kier molecular flexibility index (Phi) is 6.07. The standard InChI is InChI=1S/C20H27ClN2O3/c1-13-3-2-4-15(7-13)20(26)23-11-14(12-23)10-22-19(25)9-16-8-17(21)5-6-18(16)24/h5-6,8,13-15,24H,2-4,7,9-12H2,1H3,(H,22,25). The van der Waals surface area contributed by atoms with Crippen LogP contribution in [0.25, 0.3) is 0 Å². The summed E-state index contributed by atoms with van der Waals surface area (Å²) in [5.74, 6) is 1.39. The third-order valence-electron chi connectivity index (χ3n) is 5.53. The third-order valence-corrected chi connectivity index (χ3v) is 5.77. The van der Waals surface area contributed by atoms with Crippen LogP contribution in [-0.4, -0.2) is 41.5 Å². The highest BCUT2D eigenvalue weighted by molar-refractivity contribution is 6.30. The molecule has 6 heteroatoms. The van der Waals surface area contributed by atoms with E-state index < -0.39 is 0 Å². The molecule has 0 spiro atoms. The maximum Gasteiger partial charge on any atom is 0.225 e. The first kappa shape index (κ1) is 19.0. The lowest BCUT2D eigenvalue weighted by atomic mass is 9.81. The summed E-state index contributed by atoms with van der Waals surface area (Å²) in [5.41, 5.74) is 0.520. The Bertz CT molecular complexity index is 673. The third kappa shape index (κ3) is 4.70. The number of phenols is 1. The van der Waals surface area contributed by atoms with Gasteiger partial charge in [-0.15, -0.1) is 0 Å². The van der Waals surface area contributed by atoms with Crippen LogP contribution in [-0.2, 0) is 16.0 Å². The molecule has 26 heavy (non-hydrogen) atoms. The van der Waals surface area contributed by atoms with Crippen molar-refractivity contribution in [3.8, 4) is 5.75 Å². The predicted octanol–water partition coefficient (Wildman–Crippen LogP) is 2.99. The molecule has 2 amide bonds. The number of likely N-dealkylation sites (tertiary alicyclic amines) is 1. The first-order chi connectivity index (χ1) is 12.4. The minimum atomic E-state index is -0.145. The van der Waals surface area contributed by atoms with Gasteiger partial charge in [-0.25, -0.2) is 0 Å². The van der Waals surface area contributed by atoms with E-state index in [1.54, 1.807) is 12.1 Å². The first-order valence-electron chi connectivity index (χ1n) is 9.45. The molecule has 0 bridgehead atoms. The molecule has 1 aromatic carbocycles. The largest absolute Gasteiger partial charge is 0.508 e. The minimum Gasteiger partial charge on any atom is -0.508 e.